The maximum atomic E-state index is 12.6. The quantitative estimate of drug-likeness (QED) is 0.647. The average molecular weight is 327 g/mol. The number of thiol groups is 1. The SMILES string of the molecule is CC(C)=NN1C(=O)N(c2ccc(Cl)cc2)C(=O)NC1(C)S. The molecule has 0 bridgehead atoms. The van der Waals surface area contributed by atoms with Gasteiger partial charge < -0.3 is 5.32 Å². The molecule has 0 aliphatic carbocycles. The number of hydrogen-bond acceptors (Lipinski definition) is 4. The Morgan fingerprint density at radius 1 is 1.29 bits per heavy atom. The molecule has 2 rings (SSSR count). The van der Waals surface area contributed by atoms with Crippen LogP contribution in [-0.4, -0.2) is 27.8 Å². The van der Waals surface area contributed by atoms with Crippen molar-refractivity contribution in [3.05, 3.63) is 29.3 Å². The van der Waals surface area contributed by atoms with Gasteiger partial charge in [0.05, 0.1) is 5.69 Å². The fraction of sp³-hybridized carbons (Fsp3) is 0.308. The summed E-state index contributed by atoms with van der Waals surface area (Å²) in [5.41, 5.74) is 1.07. The lowest BCUT2D eigenvalue weighted by Crippen LogP contribution is -2.67. The molecule has 1 N–H and O–H groups in total. The Labute approximate surface area is 133 Å². The maximum Gasteiger partial charge on any atom is 0.356 e. The van der Waals surface area contributed by atoms with Crippen molar-refractivity contribution in [1.82, 2.24) is 10.3 Å². The van der Waals surface area contributed by atoms with E-state index in [2.05, 4.69) is 23.0 Å². The fourth-order valence-corrected chi connectivity index (χ4v) is 2.19. The van der Waals surface area contributed by atoms with Gasteiger partial charge in [0, 0.05) is 10.7 Å². The zero-order chi connectivity index (χ0) is 15.8. The molecule has 1 heterocycles. The van der Waals surface area contributed by atoms with Gasteiger partial charge in [-0.15, -0.1) is 12.6 Å². The van der Waals surface area contributed by atoms with Gasteiger partial charge in [0.1, 0.15) is 0 Å². The second-order valence-corrected chi connectivity index (χ2v) is 6.21. The predicted molar refractivity (Wildman–Crippen MR) is 85.9 cm³/mol. The lowest BCUT2D eigenvalue weighted by molar-refractivity contribution is 0.149. The summed E-state index contributed by atoms with van der Waals surface area (Å²) in [6, 6.07) is 5.22. The molecule has 0 radical (unpaired) electrons. The summed E-state index contributed by atoms with van der Waals surface area (Å²) in [4.78, 5) is 24.5. The molecule has 1 aromatic carbocycles. The molecule has 1 aliphatic rings. The van der Waals surface area contributed by atoms with Crippen LogP contribution in [0.15, 0.2) is 29.4 Å². The van der Waals surface area contributed by atoms with Crippen molar-refractivity contribution < 1.29 is 9.59 Å². The lowest BCUT2D eigenvalue weighted by atomic mass is 10.3. The molecule has 1 aromatic rings. The molecular formula is C13H15ClN4O2S. The molecule has 0 saturated carbocycles. The lowest BCUT2D eigenvalue weighted by Gasteiger charge is -2.42. The predicted octanol–water partition coefficient (Wildman–Crippen LogP) is 3.29. The highest BCUT2D eigenvalue weighted by Crippen LogP contribution is 2.28. The Hall–Kier alpha value is -1.73. The van der Waals surface area contributed by atoms with Crippen LogP contribution in [0.5, 0.6) is 0 Å². The van der Waals surface area contributed by atoms with Crippen molar-refractivity contribution in [3.8, 4) is 0 Å². The highest BCUT2D eigenvalue weighted by Gasteiger charge is 2.45. The van der Waals surface area contributed by atoms with E-state index >= 15 is 0 Å². The van der Waals surface area contributed by atoms with E-state index in [1.54, 1.807) is 45.0 Å². The summed E-state index contributed by atoms with van der Waals surface area (Å²) in [5.74, 6) is 0. The molecule has 8 heteroatoms. The van der Waals surface area contributed by atoms with E-state index in [1.165, 1.54) is 0 Å². The summed E-state index contributed by atoms with van der Waals surface area (Å²) >= 11 is 10.1. The Morgan fingerprint density at radius 3 is 2.38 bits per heavy atom. The maximum absolute atomic E-state index is 12.6. The molecule has 1 fully saturated rings. The Balaban J connectivity index is 2.43. The largest absolute Gasteiger partial charge is 0.356 e. The van der Waals surface area contributed by atoms with Gasteiger partial charge in [0.25, 0.3) is 0 Å². The van der Waals surface area contributed by atoms with Gasteiger partial charge in [-0.3, -0.25) is 0 Å². The number of carbonyl (C=O) groups is 2. The first kappa shape index (κ1) is 15.7. The molecular weight excluding hydrogens is 312 g/mol. The molecule has 4 amide bonds. The van der Waals surface area contributed by atoms with E-state index < -0.39 is 17.1 Å². The zero-order valence-electron chi connectivity index (χ0n) is 11.8. The average Bonchev–Trinajstić information content (AvgIpc) is 2.36. The summed E-state index contributed by atoms with van der Waals surface area (Å²) in [6.07, 6.45) is 0. The summed E-state index contributed by atoms with van der Waals surface area (Å²) in [5, 5.41) is 8.40. The number of urea groups is 2. The van der Waals surface area contributed by atoms with Gasteiger partial charge in [-0.1, -0.05) is 11.6 Å². The van der Waals surface area contributed by atoms with Crippen LogP contribution in [0.1, 0.15) is 20.8 Å². The number of halogens is 1. The number of imide groups is 1. The first-order chi connectivity index (χ1) is 9.72. The van der Waals surface area contributed by atoms with Crippen LogP contribution in [0.2, 0.25) is 5.02 Å². The first-order valence-corrected chi connectivity index (χ1v) is 7.01. The highest BCUT2D eigenvalue weighted by molar-refractivity contribution is 7.81. The first-order valence-electron chi connectivity index (χ1n) is 6.18. The van der Waals surface area contributed by atoms with Gasteiger partial charge in [0.15, 0.2) is 4.99 Å². The van der Waals surface area contributed by atoms with Crippen LogP contribution in [-0.2, 0) is 0 Å². The third-order valence-corrected chi connectivity index (χ3v) is 3.27. The number of amides is 4. The normalized spacial score (nSPS) is 22.1. The molecule has 0 aromatic heterocycles. The van der Waals surface area contributed by atoms with Crippen LogP contribution in [0, 0.1) is 0 Å². The van der Waals surface area contributed by atoms with E-state index in [0.717, 1.165) is 9.91 Å². The molecule has 0 spiro atoms. The molecule has 1 saturated heterocycles. The Kier molecular flexibility index (Phi) is 4.15. The minimum Gasteiger partial charge on any atom is -0.304 e. The van der Waals surface area contributed by atoms with E-state index in [9.17, 15) is 9.59 Å². The van der Waals surface area contributed by atoms with Crippen molar-refractivity contribution in [2.45, 2.75) is 25.8 Å². The molecule has 1 unspecified atom stereocenters. The minimum atomic E-state index is -1.20. The third-order valence-electron chi connectivity index (χ3n) is 2.72. The number of nitrogens with zero attached hydrogens (tertiary/aromatic N) is 3. The molecule has 6 nitrogen and oxygen atoms in total. The Bertz CT molecular complexity index is 611. The monoisotopic (exact) mass is 326 g/mol. The third kappa shape index (κ3) is 3.14. The van der Waals surface area contributed by atoms with Crippen LogP contribution in [0.4, 0.5) is 15.3 Å². The number of hydrazone groups is 1. The number of carbonyl (C=O) groups excluding carboxylic acids is 2. The van der Waals surface area contributed by atoms with Crippen molar-refractivity contribution in [2.24, 2.45) is 5.10 Å². The number of hydrogen-bond donors (Lipinski definition) is 2. The summed E-state index contributed by atoms with van der Waals surface area (Å²) in [7, 11) is 0. The fourth-order valence-electron chi connectivity index (χ4n) is 1.84. The standard InChI is InChI=1S/C13H15ClN4O2S/c1-8(2)16-18-12(20)17(11(19)15-13(18,3)21)10-6-4-9(14)5-7-10/h4-7,21H,1-3H3,(H,15,19). The van der Waals surface area contributed by atoms with E-state index in [1.807, 2.05) is 0 Å². The highest BCUT2D eigenvalue weighted by atomic mass is 35.5. The van der Waals surface area contributed by atoms with Crippen molar-refractivity contribution in [2.75, 3.05) is 4.90 Å². The van der Waals surface area contributed by atoms with Gasteiger partial charge in [0.2, 0.25) is 0 Å². The Morgan fingerprint density at radius 2 is 1.86 bits per heavy atom. The number of nitrogens with one attached hydrogen (secondary N) is 1. The van der Waals surface area contributed by atoms with Crippen molar-refractivity contribution >= 4 is 47.7 Å². The van der Waals surface area contributed by atoms with Gasteiger partial charge in [-0.05, 0) is 45.0 Å². The molecule has 112 valence electrons. The second-order valence-electron chi connectivity index (χ2n) is 4.90. The van der Waals surface area contributed by atoms with E-state index in [4.69, 9.17) is 11.6 Å². The number of benzene rings is 1. The zero-order valence-corrected chi connectivity index (χ0v) is 13.4. The van der Waals surface area contributed by atoms with Crippen molar-refractivity contribution in [1.29, 1.82) is 0 Å². The number of rotatable bonds is 2. The molecule has 1 aliphatic heterocycles. The van der Waals surface area contributed by atoms with Crippen LogP contribution >= 0.6 is 24.2 Å². The summed E-state index contributed by atoms with van der Waals surface area (Å²) in [6.45, 7) is 5.08. The van der Waals surface area contributed by atoms with Crippen LogP contribution in [0.25, 0.3) is 0 Å². The van der Waals surface area contributed by atoms with Crippen molar-refractivity contribution in [3.63, 3.8) is 0 Å². The van der Waals surface area contributed by atoms with E-state index in [0.29, 0.717) is 16.4 Å². The van der Waals surface area contributed by atoms with Gasteiger partial charge >= 0.3 is 12.1 Å². The second kappa shape index (κ2) is 5.57. The number of anilines is 1. The van der Waals surface area contributed by atoms with Crippen LogP contribution < -0.4 is 10.2 Å². The minimum absolute atomic E-state index is 0.402. The topological polar surface area (TPSA) is 65.0 Å². The summed E-state index contributed by atoms with van der Waals surface area (Å²) < 4.78 is 0. The van der Waals surface area contributed by atoms with E-state index in [-0.39, 0.29) is 0 Å². The molecule has 21 heavy (non-hydrogen) atoms. The molecule has 1 atom stereocenters. The smallest absolute Gasteiger partial charge is 0.304 e. The van der Waals surface area contributed by atoms with Gasteiger partial charge in [-0.2, -0.15) is 10.1 Å². The van der Waals surface area contributed by atoms with Gasteiger partial charge in [-0.25, -0.2) is 14.5 Å². The van der Waals surface area contributed by atoms with Crippen LogP contribution in [0.3, 0.4) is 0 Å².